The zero-order chi connectivity index (χ0) is 49.2. The number of furan rings is 1. The summed E-state index contributed by atoms with van der Waals surface area (Å²) in [6.45, 7) is 0. The maximum absolute atomic E-state index is 6.69. The molecular weight excluding hydrogens is 931 g/mol. The molecule has 0 aliphatic heterocycles. The van der Waals surface area contributed by atoms with Gasteiger partial charge in [-0.05, 0) is 120 Å². The summed E-state index contributed by atoms with van der Waals surface area (Å²) in [4.78, 5) is 16.1. The summed E-state index contributed by atoms with van der Waals surface area (Å²) in [5, 5.41) is 4.39. The first-order chi connectivity index (χ1) is 37.2. The molecule has 16 rings (SSSR count). The van der Waals surface area contributed by atoms with Crippen LogP contribution in [0.3, 0.4) is 0 Å². The average molecular weight is 972 g/mol. The Morgan fingerprint density at radius 2 is 0.827 bits per heavy atom. The molecule has 0 saturated heterocycles. The van der Waals surface area contributed by atoms with Crippen molar-refractivity contribution >= 4 is 53.4 Å². The van der Waals surface area contributed by atoms with Crippen LogP contribution in [-0.2, 0) is 5.41 Å². The molecule has 5 heteroatoms. The molecular formula is C70H41N3OS. The molecule has 11 aromatic carbocycles. The third-order valence-electron chi connectivity index (χ3n) is 15.8. The Kier molecular flexibility index (Phi) is 9.09. The van der Waals surface area contributed by atoms with E-state index in [9.17, 15) is 0 Å². The number of rotatable bonds is 6. The zero-order valence-electron chi connectivity index (χ0n) is 40.3. The van der Waals surface area contributed by atoms with Gasteiger partial charge in [-0.3, -0.25) is 0 Å². The van der Waals surface area contributed by atoms with Crippen molar-refractivity contribution in [1.82, 2.24) is 15.0 Å². The van der Waals surface area contributed by atoms with E-state index in [0.717, 1.165) is 65.6 Å². The quantitative estimate of drug-likeness (QED) is 0.167. The number of thiophene rings is 1. The number of nitrogens with zero attached hydrogens (tertiary/aromatic N) is 3. The highest BCUT2D eigenvalue weighted by Crippen LogP contribution is 2.64. The van der Waals surface area contributed by atoms with Crippen molar-refractivity contribution in [2.24, 2.45) is 0 Å². The molecule has 2 aliphatic rings. The van der Waals surface area contributed by atoms with Gasteiger partial charge in [0.2, 0.25) is 0 Å². The van der Waals surface area contributed by atoms with Crippen molar-refractivity contribution in [3.05, 3.63) is 271 Å². The van der Waals surface area contributed by atoms with Crippen LogP contribution in [0.1, 0.15) is 22.3 Å². The first-order valence-corrected chi connectivity index (χ1v) is 26.3. The van der Waals surface area contributed by atoms with E-state index in [4.69, 9.17) is 19.4 Å². The van der Waals surface area contributed by atoms with E-state index >= 15 is 0 Å². The van der Waals surface area contributed by atoms with Gasteiger partial charge in [-0.1, -0.05) is 206 Å². The molecule has 0 radical (unpaired) electrons. The van der Waals surface area contributed by atoms with Crippen LogP contribution in [0.15, 0.2) is 253 Å². The van der Waals surface area contributed by atoms with Gasteiger partial charge in [-0.2, -0.15) is 0 Å². The second kappa shape index (κ2) is 16.2. The van der Waals surface area contributed by atoms with Crippen molar-refractivity contribution in [1.29, 1.82) is 0 Å². The first-order valence-electron chi connectivity index (χ1n) is 25.5. The summed E-state index contributed by atoms with van der Waals surface area (Å²) in [6.07, 6.45) is 0. The van der Waals surface area contributed by atoms with E-state index in [1.165, 1.54) is 71.1 Å². The number of hydrogen-bond acceptors (Lipinski definition) is 5. The standard InChI is InChI=1S/C70H41N3OS/c1-2-17-42(18-3-1)43-19-13-22-47(40-43)67-71-68(73-69(72-67)55-30-14-28-52-51-25-7-11-36-63(51)75-66(52)55)54-29-16-35-62-65(54)56-41-45(37-38-61(56)74-62)44-20-12-21-46(39-44)48-27-15-34-60-64(48)53-26-6-10-33-59(53)70(60)57-31-8-4-23-49(57)50-24-5-9-32-58(50)70/h1-41H. The van der Waals surface area contributed by atoms with Gasteiger partial charge in [0.05, 0.1) is 5.41 Å². The summed E-state index contributed by atoms with van der Waals surface area (Å²) >= 11 is 1.78. The predicted octanol–water partition coefficient (Wildman–Crippen LogP) is 18.5. The minimum Gasteiger partial charge on any atom is -0.456 e. The lowest BCUT2D eigenvalue weighted by molar-refractivity contribution is 0.669. The van der Waals surface area contributed by atoms with Crippen LogP contribution in [0, 0.1) is 0 Å². The van der Waals surface area contributed by atoms with E-state index in [1.54, 1.807) is 11.3 Å². The number of aromatic nitrogens is 3. The van der Waals surface area contributed by atoms with Gasteiger partial charge in [0, 0.05) is 47.6 Å². The highest BCUT2D eigenvalue weighted by Gasteiger charge is 2.52. The van der Waals surface area contributed by atoms with E-state index in [2.05, 4.69) is 231 Å². The van der Waals surface area contributed by atoms with Gasteiger partial charge >= 0.3 is 0 Å². The maximum atomic E-state index is 6.69. The van der Waals surface area contributed by atoms with Crippen LogP contribution < -0.4 is 0 Å². The van der Waals surface area contributed by atoms with Crippen LogP contribution >= 0.6 is 11.3 Å². The summed E-state index contributed by atoms with van der Waals surface area (Å²) < 4.78 is 9.07. The molecule has 1 spiro atoms. The fourth-order valence-corrected chi connectivity index (χ4v) is 13.8. The normalized spacial score (nSPS) is 12.9. The summed E-state index contributed by atoms with van der Waals surface area (Å²) in [5.41, 5.74) is 21.3. The summed E-state index contributed by atoms with van der Waals surface area (Å²) in [6, 6.07) is 89.8. The second-order valence-corrected chi connectivity index (χ2v) is 20.8. The zero-order valence-corrected chi connectivity index (χ0v) is 41.1. The molecule has 75 heavy (non-hydrogen) atoms. The van der Waals surface area contributed by atoms with Crippen LogP contribution in [0.4, 0.5) is 0 Å². The average Bonchev–Trinajstić information content (AvgIpc) is 4.32. The smallest absolute Gasteiger partial charge is 0.165 e. The van der Waals surface area contributed by atoms with Crippen molar-refractivity contribution in [3.63, 3.8) is 0 Å². The monoisotopic (exact) mass is 971 g/mol. The Balaban J connectivity index is 0.856. The minimum atomic E-state index is -0.407. The summed E-state index contributed by atoms with van der Waals surface area (Å²) in [5.74, 6) is 1.82. The Bertz CT molecular complexity index is 4630. The van der Waals surface area contributed by atoms with E-state index in [1.807, 2.05) is 18.2 Å². The highest BCUT2D eigenvalue weighted by molar-refractivity contribution is 7.26. The molecule has 2 aliphatic carbocycles. The van der Waals surface area contributed by atoms with Crippen LogP contribution in [0.2, 0.25) is 0 Å². The lowest BCUT2D eigenvalue weighted by Gasteiger charge is -2.30. The maximum Gasteiger partial charge on any atom is 0.165 e. The van der Waals surface area contributed by atoms with Crippen molar-refractivity contribution in [2.75, 3.05) is 0 Å². The van der Waals surface area contributed by atoms with Crippen LogP contribution in [0.5, 0.6) is 0 Å². The Labute approximate surface area is 436 Å². The number of fused-ring (bicyclic) bond motifs is 16. The number of hydrogen-bond donors (Lipinski definition) is 0. The third-order valence-corrected chi connectivity index (χ3v) is 17.0. The van der Waals surface area contributed by atoms with Gasteiger partial charge in [0.15, 0.2) is 17.5 Å². The van der Waals surface area contributed by atoms with Crippen molar-refractivity contribution in [3.8, 4) is 89.8 Å². The van der Waals surface area contributed by atoms with Crippen LogP contribution in [0.25, 0.3) is 132 Å². The molecule has 0 atom stereocenters. The first kappa shape index (κ1) is 42.0. The SMILES string of the molecule is c1ccc(-c2cccc(-c3nc(-c4cccc5c4sc4ccccc45)nc(-c4cccc5oc6ccc(-c7cccc(-c8cccc9c8-c8ccccc8C98c9ccccc9-c9ccccc98)c7)cc6c45)n3)c2)cc1. The minimum absolute atomic E-state index is 0.407. The third kappa shape index (κ3) is 6.19. The largest absolute Gasteiger partial charge is 0.456 e. The molecule has 0 saturated carbocycles. The lowest BCUT2D eigenvalue weighted by Crippen LogP contribution is -2.25. The van der Waals surface area contributed by atoms with Gasteiger partial charge in [0.1, 0.15) is 11.2 Å². The molecule has 3 aromatic heterocycles. The predicted molar refractivity (Wildman–Crippen MR) is 309 cm³/mol. The molecule has 0 unspecified atom stereocenters. The van der Waals surface area contributed by atoms with Gasteiger partial charge in [-0.15, -0.1) is 11.3 Å². The molecule has 348 valence electrons. The van der Waals surface area contributed by atoms with Crippen LogP contribution in [-0.4, -0.2) is 15.0 Å². The second-order valence-electron chi connectivity index (χ2n) is 19.7. The van der Waals surface area contributed by atoms with Gasteiger partial charge in [-0.25, -0.2) is 15.0 Å². The van der Waals surface area contributed by atoms with Gasteiger partial charge in [0.25, 0.3) is 0 Å². The molecule has 4 nitrogen and oxygen atoms in total. The lowest BCUT2D eigenvalue weighted by atomic mass is 9.70. The van der Waals surface area contributed by atoms with Crippen molar-refractivity contribution < 1.29 is 4.42 Å². The molecule has 3 heterocycles. The molecule has 0 fully saturated rings. The van der Waals surface area contributed by atoms with Crippen molar-refractivity contribution in [2.45, 2.75) is 5.41 Å². The molecule has 0 bridgehead atoms. The van der Waals surface area contributed by atoms with E-state index < -0.39 is 5.41 Å². The van der Waals surface area contributed by atoms with Gasteiger partial charge < -0.3 is 4.42 Å². The molecule has 0 N–H and O–H groups in total. The van der Waals surface area contributed by atoms with E-state index in [0.29, 0.717) is 17.5 Å². The number of benzene rings is 11. The fraction of sp³-hybridized carbons (Fsp3) is 0.0143. The Hall–Kier alpha value is -9.55. The Morgan fingerprint density at radius 3 is 1.64 bits per heavy atom. The molecule has 14 aromatic rings. The highest BCUT2D eigenvalue weighted by atomic mass is 32.1. The fourth-order valence-electron chi connectivity index (χ4n) is 12.6. The molecule has 0 amide bonds. The summed E-state index contributed by atoms with van der Waals surface area (Å²) in [7, 11) is 0. The van der Waals surface area contributed by atoms with E-state index in [-0.39, 0.29) is 0 Å². The Morgan fingerprint density at radius 1 is 0.307 bits per heavy atom. The topological polar surface area (TPSA) is 51.8 Å².